The number of hydrogen-bond acceptors (Lipinski definition) is 6. The van der Waals surface area contributed by atoms with E-state index in [1.165, 1.54) is 4.31 Å². The Morgan fingerprint density at radius 2 is 1.91 bits per heavy atom. The average Bonchev–Trinajstić information content (AvgIpc) is 3.47. The van der Waals surface area contributed by atoms with Crippen molar-refractivity contribution >= 4 is 44.0 Å². The predicted octanol–water partition coefficient (Wildman–Crippen LogP) is 3.49. The molecule has 0 aliphatic carbocycles. The van der Waals surface area contributed by atoms with Gasteiger partial charge in [-0.05, 0) is 36.4 Å². The second kappa shape index (κ2) is 9.06. The minimum absolute atomic E-state index is 0.0954. The molecule has 0 spiro atoms. The van der Waals surface area contributed by atoms with Crippen LogP contribution in [0, 0.1) is 0 Å². The first-order valence-corrected chi connectivity index (χ1v) is 12.8. The molecule has 33 heavy (non-hydrogen) atoms. The van der Waals surface area contributed by atoms with Crippen molar-refractivity contribution in [2.45, 2.75) is 10.6 Å². The number of fused-ring (bicyclic) bond motifs is 1. The number of carbonyl (C=O) groups excluding carboxylic acids is 1. The monoisotopic (exact) mass is 482 g/mol. The summed E-state index contributed by atoms with van der Waals surface area (Å²) in [5.41, 5.74) is 3.33. The number of sulfonamides is 1. The normalized spacial score (nSPS) is 15.0. The lowest BCUT2D eigenvalue weighted by atomic mass is 10.2. The van der Waals surface area contributed by atoms with Crippen LogP contribution in [0.15, 0.2) is 64.9 Å². The Hall–Kier alpha value is -3.05. The molecule has 1 saturated heterocycles. The van der Waals surface area contributed by atoms with Crippen molar-refractivity contribution in [2.24, 2.45) is 0 Å². The maximum atomic E-state index is 12.8. The van der Waals surface area contributed by atoms with Gasteiger partial charge in [0.1, 0.15) is 10.0 Å². The summed E-state index contributed by atoms with van der Waals surface area (Å²) in [7, 11) is -3.55. The summed E-state index contributed by atoms with van der Waals surface area (Å²) in [4.78, 5) is 21.2. The molecular weight excluding hydrogens is 460 g/mol. The highest BCUT2D eigenvalue weighted by molar-refractivity contribution is 7.91. The first-order valence-electron chi connectivity index (χ1n) is 10.5. The molecule has 1 aliphatic rings. The Labute approximate surface area is 195 Å². The maximum Gasteiger partial charge on any atom is 0.252 e. The van der Waals surface area contributed by atoms with Crippen molar-refractivity contribution in [3.63, 3.8) is 0 Å². The summed E-state index contributed by atoms with van der Waals surface area (Å²) in [6.45, 7) is 1.48. The molecule has 8 nitrogen and oxygen atoms in total. The molecule has 1 amide bonds. The number of para-hydroxylation sites is 2. The molecule has 2 N–H and O–H groups in total. The number of anilines is 1. The molecule has 0 radical (unpaired) electrons. The molecule has 2 aromatic carbocycles. The number of nitrogens with one attached hydrogen (secondary N) is 2. The topological polar surface area (TPSA) is 104 Å². The second-order valence-electron chi connectivity index (χ2n) is 7.65. The van der Waals surface area contributed by atoms with Gasteiger partial charge in [-0.25, -0.2) is 13.4 Å². The largest absolute Gasteiger partial charge is 0.379 e. The number of thiophene rings is 1. The van der Waals surface area contributed by atoms with Gasteiger partial charge in [-0.3, -0.25) is 4.79 Å². The van der Waals surface area contributed by atoms with Gasteiger partial charge < -0.3 is 15.0 Å². The summed E-state index contributed by atoms with van der Waals surface area (Å²) in [5, 5.41) is 2.90. The Morgan fingerprint density at radius 3 is 2.73 bits per heavy atom. The number of carbonyl (C=O) groups is 1. The van der Waals surface area contributed by atoms with E-state index in [1.54, 1.807) is 12.1 Å². The molecule has 0 saturated carbocycles. The number of morpholine rings is 1. The first-order chi connectivity index (χ1) is 16.0. The van der Waals surface area contributed by atoms with E-state index in [4.69, 9.17) is 4.74 Å². The summed E-state index contributed by atoms with van der Waals surface area (Å²) in [6.07, 6.45) is 0.0954. The van der Waals surface area contributed by atoms with Crippen molar-refractivity contribution in [1.82, 2.24) is 14.3 Å². The number of hydrogen-bond donors (Lipinski definition) is 2. The van der Waals surface area contributed by atoms with Crippen molar-refractivity contribution in [1.29, 1.82) is 0 Å². The predicted molar refractivity (Wildman–Crippen MR) is 128 cm³/mol. The zero-order valence-electron chi connectivity index (χ0n) is 17.7. The molecule has 0 unspecified atom stereocenters. The van der Waals surface area contributed by atoms with Crippen LogP contribution < -0.4 is 5.32 Å². The zero-order chi connectivity index (χ0) is 22.8. The van der Waals surface area contributed by atoms with E-state index in [1.807, 2.05) is 48.5 Å². The number of rotatable bonds is 6. The summed E-state index contributed by atoms with van der Waals surface area (Å²) >= 11 is 1.13. The van der Waals surface area contributed by atoms with Gasteiger partial charge >= 0.3 is 0 Å². The first kappa shape index (κ1) is 21.8. The lowest BCUT2D eigenvalue weighted by Crippen LogP contribution is -2.40. The van der Waals surface area contributed by atoms with E-state index in [2.05, 4.69) is 15.3 Å². The van der Waals surface area contributed by atoms with Gasteiger partial charge in [0.25, 0.3) is 10.0 Å². The van der Waals surface area contributed by atoms with Crippen molar-refractivity contribution in [2.75, 3.05) is 31.6 Å². The third-order valence-corrected chi connectivity index (χ3v) is 8.80. The van der Waals surface area contributed by atoms with E-state index in [0.717, 1.165) is 33.8 Å². The Kier molecular flexibility index (Phi) is 5.98. The van der Waals surface area contributed by atoms with Crippen LogP contribution in [0.1, 0.15) is 4.88 Å². The fourth-order valence-corrected chi connectivity index (χ4v) is 6.62. The molecule has 10 heteroatoms. The van der Waals surface area contributed by atoms with Gasteiger partial charge in [0.05, 0.1) is 30.7 Å². The summed E-state index contributed by atoms with van der Waals surface area (Å²) < 4.78 is 32.5. The maximum absolute atomic E-state index is 12.8. The minimum atomic E-state index is -3.55. The Bertz CT molecular complexity index is 1370. The van der Waals surface area contributed by atoms with Crippen LogP contribution in [0.3, 0.4) is 0 Å². The zero-order valence-corrected chi connectivity index (χ0v) is 19.3. The third kappa shape index (κ3) is 4.69. The van der Waals surface area contributed by atoms with E-state index >= 15 is 0 Å². The highest BCUT2D eigenvalue weighted by Gasteiger charge is 2.28. The fourth-order valence-electron chi connectivity index (χ4n) is 3.70. The average molecular weight is 483 g/mol. The quantitative estimate of drug-likeness (QED) is 0.438. The molecular formula is C23H22N4O4S2. The van der Waals surface area contributed by atoms with E-state index in [9.17, 15) is 13.2 Å². The number of benzene rings is 2. The van der Waals surface area contributed by atoms with Gasteiger partial charge in [0.15, 0.2) is 0 Å². The SMILES string of the molecule is O=C(Cc1ccc(S(=O)(=O)N2CCOCC2)s1)Nc1cccc(-c2nc3ccccc3[nH]2)c1. The number of H-pyrrole nitrogens is 1. The lowest BCUT2D eigenvalue weighted by molar-refractivity contribution is -0.115. The van der Waals surface area contributed by atoms with Crippen LogP contribution in [0.4, 0.5) is 5.69 Å². The molecule has 5 rings (SSSR count). The summed E-state index contributed by atoms with van der Waals surface area (Å²) in [5.74, 6) is 0.512. The van der Waals surface area contributed by atoms with Gasteiger partial charge in [0, 0.05) is 29.2 Å². The molecule has 4 aromatic rings. The van der Waals surface area contributed by atoms with Crippen LogP contribution in [0.25, 0.3) is 22.4 Å². The lowest BCUT2D eigenvalue weighted by Gasteiger charge is -2.25. The number of imidazole rings is 1. The van der Waals surface area contributed by atoms with Crippen molar-refractivity contribution < 1.29 is 17.9 Å². The van der Waals surface area contributed by atoms with Crippen LogP contribution in [0.5, 0.6) is 0 Å². The van der Waals surface area contributed by atoms with Crippen LogP contribution >= 0.6 is 11.3 Å². The molecule has 2 aromatic heterocycles. The number of aromatic amines is 1. The van der Waals surface area contributed by atoms with Crippen LogP contribution in [0.2, 0.25) is 0 Å². The van der Waals surface area contributed by atoms with Crippen LogP contribution in [-0.2, 0) is 26.0 Å². The fraction of sp³-hybridized carbons (Fsp3) is 0.217. The van der Waals surface area contributed by atoms with Gasteiger partial charge in [0.2, 0.25) is 5.91 Å². The number of aromatic nitrogens is 2. The minimum Gasteiger partial charge on any atom is -0.379 e. The molecule has 170 valence electrons. The molecule has 0 atom stereocenters. The van der Waals surface area contributed by atoms with Crippen LogP contribution in [-0.4, -0.2) is 54.9 Å². The number of ether oxygens (including phenoxy) is 1. The number of nitrogens with zero attached hydrogens (tertiary/aromatic N) is 2. The van der Waals surface area contributed by atoms with Gasteiger partial charge in [-0.15, -0.1) is 11.3 Å². The molecule has 1 fully saturated rings. The van der Waals surface area contributed by atoms with E-state index < -0.39 is 10.0 Å². The van der Waals surface area contributed by atoms with Crippen molar-refractivity contribution in [3.8, 4) is 11.4 Å². The van der Waals surface area contributed by atoms with E-state index in [-0.39, 0.29) is 16.5 Å². The van der Waals surface area contributed by atoms with Gasteiger partial charge in [-0.2, -0.15) is 4.31 Å². The van der Waals surface area contributed by atoms with Crippen molar-refractivity contribution in [3.05, 3.63) is 65.5 Å². The number of amides is 1. The Morgan fingerprint density at radius 1 is 1.09 bits per heavy atom. The standard InChI is InChI=1S/C23H22N4O4S2/c28-21(15-18-8-9-22(32-18)33(29,30)27-10-12-31-13-11-27)24-17-5-3-4-16(14-17)23-25-19-6-1-2-7-20(19)26-23/h1-9,14H,10-13,15H2,(H,24,28)(H,25,26). The molecule has 0 bridgehead atoms. The van der Waals surface area contributed by atoms with E-state index in [0.29, 0.717) is 36.9 Å². The Balaban J connectivity index is 1.27. The second-order valence-corrected chi connectivity index (χ2v) is 11.0. The molecule has 1 aliphatic heterocycles. The van der Waals surface area contributed by atoms with Gasteiger partial charge in [-0.1, -0.05) is 24.3 Å². The molecule has 3 heterocycles. The smallest absolute Gasteiger partial charge is 0.252 e. The summed E-state index contributed by atoms with van der Waals surface area (Å²) in [6, 6.07) is 18.5. The third-order valence-electron chi connectivity index (χ3n) is 5.35. The highest BCUT2D eigenvalue weighted by atomic mass is 32.2. The highest BCUT2D eigenvalue weighted by Crippen LogP contribution is 2.27.